The summed E-state index contributed by atoms with van der Waals surface area (Å²) in [5, 5.41) is 3.68. The average molecular weight is 207 g/mol. The molecule has 1 fully saturated rings. The normalized spacial score (nSPS) is 28.9. The topological polar surface area (TPSA) is 25.2 Å². The van der Waals surface area contributed by atoms with Gasteiger partial charge in [-0.2, -0.15) is 0 Å². The number of nitrogens with one attached hydrogen (secondary N) is 1. The van der Waals surface area contributed by atoms with Gasteiger partial charge in [-0.15, -0.1) is 0 Å². The van der Waals surface area contributed by atoms with Crippen molar-refractivity contribution in [1.29, 1.82) is 0 Å². The van der Waals surface area contributed by atoms with Crippen LogP contribution in [0, 0.1) is 5.92 Å². The summed E-state index contributed by atoms with van der Waals surface area (Å²) in [7, 11) is 0. The van der Waals surface area contributed by atoms with E-state index in [9.17, 15) is 0 Å². The van der Waals surface area contributed by atoms with Crippen LogP contribution in [0.25, 0.3) is 0 Å². The second-order valence-electron chi connectivity index (χ2n) is 4.90. The van der Waals surface area contributed by atoms with Gasteiger partial charge in [0.05, 0.1) is 12.5 Å². The van der Waals surface area contributed by atoms with Crippen LogP contribution in [-0.4, -0.2) is 6.04 Å². The fraction of sp³-hybridized carbons (Fsp3) is 0.692. The zero-order chi connectivity index (χ0) is 10.7. The number of furan rings is 1. The van der Waals surface area contributed by atoms with Crippen LogP contribution in [0.15, 0.2) is 23.0 Å². The van der Waals surface area contributed by atoms with Gasteiger partial charge < -0.3 is 9.73 Å². The lowest BCUT2D eigenvalue weighted by atomic mass is 9.87. The van der Waals surface area contributed by atoms with Gasteiger partial charge in [-0.25, -0.2) is 0 Å². The first-order valence-electron chi connectivity index (χ1n) is 6.04. The van der Waals surface area contributed by atoms with Crippen LogP contribution in [0.2, 0.25) is 0 Å². The Morgan fingerprint density at radius 1 is 1.33 bits per heavy atom. The first-order valence-corrected chi connectivity index (χ1v) is 6.04. The van der Waals surface area contributed by atoms with Gasteiger partial charge in [-0.1, -0.05) is 6.92 Å². The van der Waals surface area contributed by atoms with E-state index in [-0.39, 0.29) is 0 Å². The molecule has 0 aromatic carbocycles. The predicted octanol–water partition coefficient (Wildman–Crippen LogP) is 3.51. The summed E-state index contributed by atoms with van der Waals surface area (Å²) >= 11 is 0. The van der Waals surface area contributed by atoms with Crippen LogP contribution in [0.3, 0.4) is 0 Å². The molecule has 0 spiro atoms. The van der Waals surface area contributed by atoms with E-state index in [1.165, 1.54) is 31.2 Å². The van der Waals surface area contributed by atoms with Gasteiger partial charge in [0.2, 0.25) is 0 Å². The van der Waals surface area contributed by atoms with Crippen molar-refractivity contribution in [1.82, 2.24) is 5.32 Å². The molecule has 1 atom stereocenters. The second-order valence-corrected chi connectivity index (χ2v) is 4.90. The second kappa shape index (κ2) is 4.84. The fourth-order valence-corrected chi connectivity index (χ4v) is 2.40. The monoisotopic (exact) mass is 207 g/mol. The summed E-state index contributed by atoms with van der Waals surface area (Å²) in [5.74, 6) is 0.923. The fourth-order valence-electron chi connectivity index (χ4n) is 2.40. The minimum Gasteiger partial charge on any atom is -0.472 e. The lowest BCUT2D eigenvalue weighted by Gasteiger charge is -2.29. The molecule has 1 aromatic rings. The van der Waals surface area contributed by atoms with E-state index < -0.39 is 0 Å². The Balaban J connectivity index is 1.82. The zero-order valence-electron chi connectivity index (χ0n) is 9.70. The third kappa shape index (κ3) is 2.85. The maximum atomic E-state index is 5.10. The molecule has 0 amide bonds. The van der Waals surface area contributed by atoms with Gasteiger partial charge in [0, 0.05) is 17.6 Å². The van der Waals surface area contributed by atoms with Gasteiger partial charge >= 0.3 is 0 Å². The van der Waals surface area contributed by atoms with Crippen molar-refractivity contribution >= 4 is 0 Å². The molecule has 0 bridgehead atoms. The summed E-state index contributed by atoms with van der Waals surface area (Å²) in [4.78, 5) is 0. The summed E-state index contributed by atoms with van der Waals surface area (Å²) in [5.41, 5.74) is 1.26. The van der Waals surface area contributed by atoms with E-state index in [0.29, 0.717) is 12.1 Å². The van der Waals surface area contributed by atoms with Gasteiger partial charge in [-0.3, -0.25) is 0 Å². The molecule has 1 aliphatic carbocycles. The molecule has 1 heterocycles. The first kappa shape index (κ1) is 10.7. The third-order valence-electron chi connectivity index (χ3n) is 3.54. The molecular formula is C13H21NO. The van der Waals surface area contributed by atoms with E-state index in [1.54, 1.807) is 6.26 Å². The molecule has 15 heavy (non-hydrogen) atoms. The number of rotatable bonds is 3. The molecule has 0 aliphatic heterocycles. The highest BCUT2D eigenvalue weighted by molar-refractivity contribution is 5.10. The van der Waals surface area contributed by atoms with Gasteiger partial charge in [0.25, 0.3) is 0 Å². The Morgan fingerprint density at radius 2 is 2.07 bits per heavy atom. The highest BCUT2D eigenvalue weighted by Crippen LogP contribution is 2.25. The maximum absolute atomic E-state index is 5.10. The molecule has 2 rings (SSSR count). The van der Waals surface area contributed by atoms with Gasteiger partial charge in [-0.05, 0) is 44.6 Å². The van der Waals surface area contributed by atoms with Gasteiger partial charge in [0.1, 0.15) is 0 Å². The Bertz CT molecular complexity index is 273. The average Bonchev–Trinajstić information content (AvgIpc) is 2.74. The predicted molar refractivity (Wildman–Crippen MR) is 61.7 cm³/mol. The highest BCUT2D eigenvalue weighted by Gasteiger charge is 2.20. The van der Waals surface area contributed by atoms with Crippen molar-refractivity contribution in [2.45, 2.75) is 51.6 Å². The quantitative estimate of drug-likeness (QED) is 0.820. The molecule has 1 unspecified atom stereocenters. The smallest absolute Gasteiger partial charge is 0.0950 e. The van der Waals surface area contributed by atoms with E-state index in [1.807, 2.05) is 12.3 Å². The Kier molecular flexibility index (Phi) is 3.47. The van der Waals surface area contributed by atoms with Crippen molar-refractivity contribution in [3.05, 3.63) is 24.2 Å². The molecule has 84 valence electrons. The van der Waals surface area contributed by atoms with E-state index in [4.69, 9.17) is 4.42 Å². The molecule has 0 radical (unpaired) electrons. The number of hydrogen-bond donors (Lipinski definition) is 1. The minimum absolute atomic E-state index is 0.419. The van der Waals surface area contributed by atoms with Crippen molar-refractivity contribution < 1.29 is 4.42 Å². The lowest BCUT2D eigenvalue weighted by molar-refractivity contribution is 0.291. The van der Waals surface area contributed by atoms with Crippen molar-refractivity contribution in [2.75, 3.05) is 0 Å². The Hall–Kier alpha value is -0.760. The molecule has 1 saturated carbocycles. The van der Waals surface area contributed by atoms with Crippen LogP contribution < -0.4 is 5.32 Å². The van der Waals surface area contributed by atoms with Crippen molar-refractivity contribution in [3.8, 4) is 0 Å². The van der Waals surface area contributed by atoms with Crippen LogP contribution in [-0.2, 0) is 0 Å². The SMILES string of the molecule is CC1CCC(NC(C)c2ccoc2)CC1. The summed E-state index contributed by atoms with van der Waals surface area (Å²) < 4.78 is 5.10. The number of hydrogen-bond acceptors (Lipinski definition) is 2. The molecule has 2 nitrogen and oxygen atoms in total. The van der Waals surface area contributed by atoms with Crippen LogP contribution in [0.4, 0.5) is 0 Å². The van der Waals surface area contributed by atoms with Crippen molar-refractivity contribution in [2.24, 2.45) is 5.92 Å². The van der Waals surface area contributed by atoms with E-state index in [2.05, 4.69) is 19.2 Å². The van der Waals surface area contributed by atoms with Crippen LogP contribution in [0.5, 0.6) is 0 Å². The van der Waals surface area contributed by atoms with Crippen molar-refractivity contribution in [3.63, 3.8) is 0 Å². The van der Waals surface area contributed by atoms with Crippen LogP contribution >= 0.6 is 0 Å². The Labute approximate surface area is 92.1 Å². The minimum atomic E-state index is 0.419. The molecule has 1 aromatic heterocycles. The molecular weight excluding hydrogens is 186 g/mol. The Morgan fingerprint density at radius 3 is 2.67 bits per heavy atom. The molecule has 1 aliphatic rings. The molecule has 0 saturated heterocycles. The highest BCUT2D eigenvalue weighted by atomic mass is 16.3. The first-order chi connectivity index (χ1) is 7.25. The largest absolute Gasteiger partial charge is 0.472 e. The lowest BCUT2D eigenvalue weighted by Crippen LogP contribution is -2.34. The molecule has 2 heteroatoms. The standard InChI is InChI=1S/C13H21NO/c1-10-3-5-13(6-4-10)14-11(2)12-7-8-15-9-12/h7-11,13-14H,3-6H2,1-2H3. The maximum Gasteiger partial charge on any atom is 0.0950 e. The van der Waals surface area contributed by atoms with Crippen LogP contribution in [0.1, 0.15) is 51.1 Å². The third-order valence-corrected chi connectivity index (χ3v) is 3.54. The summed E-state index contributed by atoms with van der Waals surface area (Å²) in [6.07, 6.45) is 8.97. The van der Waals surface area contributed by atoms with Gasteiger partial charge in [0.15, 0.2) is 0 Å². The zero-order valence-corrected chi connectivity index (χ0v) is 9.70. The summed E-state index contributed by atoms with van der Waals surface area (Å²) in [6, 6.07) is 3.16. The summed E-state index contributed by atoms with van der Waals surface area (Å²) in [6.45, 7) is 4.57. The molecule has 1 N–H and O–H groups in total. The van der Waals surface area contributed by atoms with E-state index in [0.717, 1.165) is 5.92 Å². The van der Waals surface area contributed by atoms with E-state index >= 15 is 0 Å².